The molecule has 0 radical (unpaired) electrons. The van der Waals surface area contributed by atoms with E-state index in [-0.39, 0.29) is 0 Å². The molecule has 112 valence electrons. The van der Waals surface area contributed by atoms with Crippen molar-refractivity contribution < 1.29 is 0 Å². The molecule has 0 saturated carbocycles. The number of nitrogens with one attached hydrogen (secondary N) is 1. The van der Waals surface area contributed by atoms with Crippen LogP contribution in [0, 0.1) is 0 Å². The van der Waals surface area contributed by atoms with Gasteiger partial charge in [-0.2, -0.15) is 0 Å². The Labute approximate surface area is 149 Å². The smallest absolute Gasteiger partial charge is 0.139 e. The molecule has 3 rings (SSSR count). The minimum Gasteiger partial charge on any atom is -0.355 e. The van der Waals surface area contributed by atoms with Crippen molar-refractivity contribution in [3.8, 4) is 11.1 Å². The highest BCUT2D eigenvalue weighted by Gasteiger charge is 2.15. The lowest BCUT2D eigenvalue weighted by Crippen LogP contribution is -2.55. The van der Waals surface area contributed by atoms with Crippen LogP contribution in [0.15, 0.2) is 54.6 Å². The topological polar surface area (TPSA) is 12.0 Å². The van der Waals surface area contributed by atoms with Crippen LogP contribution in [0.2, 0.25) is 0 Å². The van der Waals surface area contributed by atoms with Crippen LogP contribution >= 0.6 is 0 Å². The summed E-state index contributed by atoms with van der Waals surface area (Å²) in [5, 5.41) is 3.58. The number of hydrogen-bond acceptors (Lipinski definition) is 1. The molecular weight excluding hydrogens is 284 g/mol. The second-order valence-corrected chi connectivity index (χ2v) is 6.54. The first-order valence-electron chi connectivity index (χ1n) is 8.49. The van der Waals surface area contributed by atoms with Gasteiger partial charge in [0.2, 0.25) is 0 Å². The van der Waals surface area contributed by atoms with Gasteiger partial charge in [0.1, 0.15) is 39.2 Å². The van der Waals surface area contributed by atoms with Gasteiger partial charge in [-0.3, -0.25) is 0 Å². The second-order valence-electron chi connectivity index (χ2n) is 6.54. The van der Waals surface area contributed by atoms with Crippen LogP contribution in [0.4, 0.5) is 11.4 Å². The maximum absolute atomic E-state index is 3.58. The zero-order valence-corrected chi connectivity index (χ0v) is 15.2. The molecule has 0 fully saturated rings. The van der Waals surface area contributed by atoms with Gasteiger partial charge in [-0.15, -0.1) is 16.4 Å². The van der Waals surface area contributed by atoms with Gasteiger partial charge < -0.3 is 5.32 Å². The molecule has 3 aromatic carbocycles. The summed E-state index contributed by atoms with van der Waals surface area (Å²) < 4.78 is 0. The maximum atomic E-state index is 3.58. The fraction of sp³-hybridized carbons (Fsp3) is 0. The van der Waals surface area contributed by atoms with E-state index in [1.54, 1.807) is 0 Å². The summed E-state index contributed by atoms with van der Waals surface area (Å²) in [6.07, 6.45) is 0. The van der Waals surface area contributed by atoms with Crippen molar-refractivity contribution in [1.29, 1.82) is 0 Å². The Morgan fingerprint density at radius 2 is 1.04 bits per heavy atom. The van der Waals surface area contributed by atoms with E-state index < -0.39 is 0 Å². The molecule has 6 heteroatoms. The van der Waals surface area contributed by atoms with Crippen LogP contribution in [-0.4, -0.2) is 39.2 Å². The molecule has 0 aliphatic rings. The van der Waals surface area contributed by atoms with E-state index in [2.05, 4.69) is 93.1 Å². The summed E-state index contributed by atoms with van der Waals surface area (Å²) in [6.45, 7) is 0. The summed E-state index contributed by atoms with van der Waals surface area (Å²) in [4.78, 5) is 0. The highest BCUT2D eigenvalue weighted by atomic mass is 14.9. The van der Waals surface area contributed by atoms with E-state index in [9.17, 15) is 0 Å². The van der Waals surface area contributed by atoms with Crippen LogP contribution in [-0.2, 0) is 0 Å². The minimum absolute atomic E-state index is 1.11. The number of anilines is 2. The van der Waals surface area contributed by atoms with E-state index in [1.165, 1.54) is 38.4 Å². The third-order valence-electron chi connectivity index (χ3n) is 5.25. The van der Waals surface area contributed by atoms with Crippen molar-refractivity contribution in [2.45, 2.75) is 0 Å². The number of hydrogen-bond donors (Lipinski definition) is 1. The lowest BCUT2D eigenvalue weighted by atomic mass is 9.59. The van der Waals surface area contributed by atoms with Crippen molar-refractivity contribution in [1.82, 2.24) is 0 Å². The lowest BCUT2D eigenvalue weighted by Gasteiger charge is -2.22. The Morgan fingerprint density at radius 1 is 0.542 bits per heavy atom. The van der Waals surface area contributed by atoms with Crippen molar-refractivity contribution in [3.05, 3.63) is 54.6 Å². The van der Waals surface area contributed by atoms with E-state index in [0.717, 1.165) is 11.4 Å². The Kier molecular flexibility index (Phi) is 4.66. The van der Waals surface area contributed by atoms with Crippen LogP contribution in [0.1, 0.15) is 0 Å². The standard InChI is InChI=1S/C18H20B5N/c19-14-13(15(20)17(22)18(23)16(14)21)11-8-4-5-9-12(11)24-10-6-2-1-3-7-10/h1-9,24H,19-23H2. The quantitative estimate of drug-likeness (QED) is 0.493. The first-order chi connectivity index (χ1) is 11.5. The summed E-state index contributed by atoms with van der Waals surface area (Å²) >= 11 is 0. The van der Waals surface area contributed by atoms with Gasteiger partial charge >= 0.3 is 0 Å². The van der Waals surface area contributed by atoms with Crippen LogP contribution in [0.3, 0.4) is 0 Å². The molecular formula is C18H20B5N. The first kappa shape index (κ1) is 16.6. The third kappa shape index (κ3) is 2.93. The number of para-hydroxylation sites is 2. The minimum atomic E-state index is 1.11. The van der Waals surface area contributed by atoms with E-state index in [1.807, 2.05) is 6.07 Å². The summed E-state index contributed by atoms with van der Waals surface area (Å²) in [6, 6.07) is 18.9. The molecule has 1 N–H and O–H groups in total. The normalized spacial score (nSPS) is 10.5. The zero-order chi connectivity index (χ0) is 17.3. The van der Waals surface area contributed by atoms with Crippen LogP contribution < -0.4 is 32.6 Å². The van der Waals surface area contributed by atoms with Crippen molar-refractivity contribution in [2.75, 3.05) is 5.32 Å². The molecule has 0 aliphatic carbocycles. The van der Waals surface area contributed by atoms with Crippen molar-refractivity contribution in [3.63, 3.8) is 0 Å². The van der Waals surface area contributed by atoms with Crippen LogP contribution in [0.5, 0.6) is 0 Å². The number of rotatable bonds is 3. The maximum Gasteiger partial charge on any atom is 0.139 e. The lowest BCUT2D eigenvalue weighted by molar-refractivity contribution is 1.55. The Balaban J connectivity index is 2.18. The molecule has 0 aliphatic heterocycles. The first-order valence-corrected chi connectivity index (χ1v) is 8.49. The van der Waals surface area contributed by atoms with Gasteiger partial charge in [-0.1, -0.05) is 47.3 Å². The SMILES string of the molecule is Bc1c(B)c(B)c(-c2ccccc2Nc2ccccc2)c(B)c1B. The molecule has 0 heterocycles. The van der Waals surface area contributed by atoms with E-state index in [4.69, 9.17) is 0 Å². The zero-order valence-electron chi connectivity index (χ0n) is 15.2. The summed E-state index contributed by atoms with van der Waals surface area (Å²) in [5.41, 5.74) is 11.8. The average molecular weight is 304 g/mol. The molecule has 0 bridgehead atoms. The van der Waals surface area contributed by atoms with Gasteiger partial charge in [0.25, 0.3) is 0 Å². The van der Waals surface area contributed by atoms with Crippen LogP contribution in [0.25, 0.3) is 11.1 Å². The van der Waals surface area contributed by atoms with Gasteiger partial charge in [0, 0.05) is 16.9 Å². The van der Waals surface area contributed by atoms with E-state index in [0.29, 0.717) is 0 Å². The van der Waals surface area contributed by atoms with Gasteiger partial charge in [-0.05, 0) is 23.8 Å². The summed E-state index contributed by atoms with van der Waals surface area (Å²) in [7, 11) is 11.2. The molecule has 3 aromatic rings. The Bertz CT molecular complexity index is 864. The molecule has 0 atom stereocenters. The van der Waals surface area contributed by atoms with Crippen molar-refractivity contribution in [2.24, 2.45) is 0 Å². The molecule has 0 amide bonds. The fourth-order valence-corrected chi connectivity index (χ4v) is 3.39. The Hall–Kier alpha value is -2.22. The third-order valence-corrected chi connectivity index (χ3v) is 5.25. The number of benzene rings is 3. The highest BCUT2D eigenvalue weighted by Crippen LogP contribution is 2.27. The highest BCUT2D eigenvalue weighted by molar-refractivity contribution is 6.68. The molecule has 0 saturated heterocycles. The Morgan fingerprint density at radius 3 is 1.67 bits per heavy atom. The average Bonchev–Trinajstić information content (AvgIpc) is 2.61. The largest absolute Gasteiger partial charge is 0.355 e. The summed E-state index contributed by atoms with van der Waals surface area (Å²) in [5.74, 6) is 0. The predicted octanol–water partition coefficient (Wildman–Crippen LogP) is -3.61. The van der Waals surface area contributed by atoms with Gasteiger partial charge in [0.15, 0.2) is 0 Å². The molecule has 0 aromatic heterocycles. The molecule has 0 spiro atoms. The van der Waals surface area contributed by atoms with Gasteiger partial charge in [0.05, 0.1) is 0 Å². The molecule has 0 unspecified atom stereocenters. The second kappa shape index (κ2) is 6.72. The van der Waals surface area contributed by atoms with E-state index >= 15 is 0 Å². The predicted molar refractivity (Wildman–Crippen MR) is 122 cm³/mol. The molecule has 24 heavy (non-hydrogen) atoms. The monoisotopic (exact) mass is 305 g/mol. The fourth-order valence-electron chi connectivity index (χ4n) is 3.39. The van der Waals surface area contributed by atoms with Crippen molar-refractivity contribution >= 4 is 77.9 Å². The molecule has 1 nitrogen and oxygen atoms in total. The van der Waals surface area contributed by atoms with Gasteiger partial charge in [-0.25, -0.2) is 0 Å².